The van der Waals surface area contributed by atoms with Crippen LogP contribution in [0.2, 0.25) is 0 Å². The summed E-state index contributed by atoms with van der Waals surface area (Å²) in [6.07, 6.45) is 0. The number of aryl methyl sites for hydroxylation is 1. The SMILES string of the molecule is Cc1cc(I)ccc1NC(=O)C(C)(C)C. The Bertz CT molecular complexity index is 380. The van der Waals surface area contributed by atoms with Gasteiger partial charge in [0.25, 0.3) is 0 Å². The Morgan fingerprint density at radius 3 is 2.40 bits per heavy atom. The van der Waals surface area contributed by atoms with Crippen LogP contribution in [0.25, 0.3) is 0 Å². The first-order chi connectivity index (χ1) is 6.80. The van der Waals surface area contributed by atoms with Crippen molar-refractivity contribution in [2.75, 3.05) is 5.32 Å². The van der Waals surface area contributed by atoms with E-state index in [1.54, 1.807) is 0 Å². The van der Waals surface area contributed by atoms with Crippen LogP contribution in [0, 0.1) is 15.9 Å². The largest absolute Gasteiger partial charge is 0.325 e. The summed E-state index contributed by atoms with van der Waals surface area (Å²) in [7, 11) is 0. The molecule has 1 rings (SSSR count). The zero-order chi connectivity index (χ0) is 11.6. The van der Waals surface area contributed by atoms with Gasteiger partial charge in [-0.05, 0) is 53.3 Å². The van der Waals surface area contributed by atoms with Crippen LogP contribution < -0.4 is 5.32 Å². The first kappa shape index (κ1) is 12.5. The lowest BCUT2D eigenvalue weighted by atomic mass is 9.95. The maximum Gasteiger partial charge on any atom is 0.229 e. The molecule has 0 saturated carbocycles. The Kier molecular flexibility index (Phi) is 3.76. The van der Waals surface area contributed by atoms with E-state index in [9.17, 15) is 4.79 Å². The first-order valence-corrected chi connectivity index (χ1v) is 5.96. The monoisotopic (exact) mass is 317 g/mol. The van der Waals surface area contributed by atoms with Gasteiger partial charge in [-0.3, -0.25) is 4.79 Å². The highest BCUT2D eigenvalue weighted by atomic mass is 127. The van der Waals surface area contributed by atoms with Crippen LogP contribution in [-0.2, 0) is 4.79 Å². The number of nitrogens with one attached hydrogen (secondary N) is 1. The molecular formula is C12H16INO. The van der Waals surface area contributed by atoms with Crippen molar-refractivity contribution in [3.63, 3.8) is 0 Å². The minimum atomic E-state index is -0.352. The Labute approximate surface area is 105 Å². The maximum absolute atomic E-state index is 11.8. The fourth-order valence-corrected chi connectivity index (χ4v) is 1.72. The Morgan fingerprint density at radius 2 is 1.93 bits per heavy atom. The molecule has 0 radical (unpaired) electrons. The molecule has 0 unspecified atom stereocenters. The number of carbonyl (C=O) groups excluding carboxylic acids is 1. The summed E-state index contributed by atoms with van der Waals surface area (Å²) in [4.78, 5) is 11.8. The quantitative estimate of drug-likeness (QED) is 0.788. The lowest BCUT2D eigenvalue weighted by Crippen LogP contribution is -2.27. The smallest absolute Gasteiger partial charge is 0.229 e. The van der Waals surface area contributed by atoms with Crippen LogP contribution in [-0.4, -0.2) is 5.91 Å². The summed E-state index contributed by atoms with van der Waals surface area (Å²) in [6.45, 7) is 7.72. The van der Waals surface area contributed by atoms with E-state index in [1.165, 1.54) is 3.57 Å². The number of hydrogen-bond acceptors (Lipinski definition) is 1. The van der Waals surface area contributed by atoms with E-state index in [-0.39, 0.29) is 11.3 Å². The topological polar surface area (TPSA) is 29.1 Å². The molecule has 0 heterocycles. The van der Waals surface area contributed by atoms with Gasteiger partial charge in [-0.1, -0.05) is 20.8 Å². The highest BCUT2D eigenvalue weighted by molar-refractivity contribution is 14.1. The second-order valence-corrected chi connectivity index (χ2v) is 5.91. The normalized spacial score (nSPS) is 11.3. The van der Waals surface area contributed by atoms with Gasteiger partial charge in [-0.25, -0.2) is 0 Å². The van der Waals surface area contributed by atoms with E-state index in [0.717, 1.165) is 11.3 Å². The number of anilines is 1. The molecule has 15 heavy (non-hydrogen) atoms. The number of amides is 1. The molecule has 0 aliphatic carbocycles. The lowest BCUT2D eigenvalue weighted by Gasteiger charge is -2.18. The van der Waals surface area contributed by atoms with Gasteiger partial charge in [0.05, 0.1) is 0 Å². The number of benzene rings is 1. The van der Waals surface area contributed by atoms with Crippen LogP contribution in [0.3, 0.4) is 0 Å². The molecule has 1 amide bonds. The van der Waals surface area contributed by atoms with Crippen molar-refractivity contribution >= 4 is 34.2 Å². The molecule has 1 aromatic carbocycles. The second-order valence-electron chi connectivity index (χ2n) is 4.66. The number of hydrogen-bond donors (Lipinski definition) is 1. The summed E-state index contributed by atoms with van der Waals surface area (Å²) in [6, 6.07) is 5.99. The van der Waals surface area contributed by atoms with Gasteiger partial charge >= 0.3 is 0 Å². The minimum Gasteiger partial charge on any atom is -0.325 e. The molecule has 0 saturated heterocycles. The fourth-order valence-electron chi connectivity index (χ4n) is 1.08. The van der Waals surface area contributed by atoms with Gasteiger partial charge in [0, 0.05) is 14.7 Å². The molecule has 3 heteroatoms. The third kappa shape index (κ3) is 3.48. The number of carbonyl (C=O) groups is 1. The maximum atomic E-state index is 11.8. The van der Waals surface area contributed by atoms with Gasteiger partial charge < -0.3 is 5.32 Å². The van der Waals surface area contributed by atoms with Gasteiger partial charge in [-0.15, -0.1) is 0 Å². The second kappa shape index (κ2) is 4.51. The molecule has 0 aromatic heterocycles. The molecule has 82 valence electrons. The molecule has 0 spiro atoms. The molecular weight excluding hydrogens is 301 g/mol. The standard InChI is InChI=1S/C12H16INO/c1-8-7-9(13)5-6-10(8)14-11(15)12(2,3)4/h5-7H,1-4H3,(H,14,15). The zero-order valence-electron chi connectivity index (χ0n) is 9.52. The Hall–Kier alpha value is -0.580. The van der Waals surface area contributed by atoms with Crippen LogP contribution >= 0.6 is 22.6 Å². The van der Waals surface area contributed by atoms with Gasteiger partial charge in [0.2, 0.25) is 5.91 Å². The van der Waals surface area contributed by atoms with E-state index in [0.29, 0.717) is 0 Å². The van der Waals surface area contributed by atoms with Crippen LogP contribution in [0.1, 0.15) is 26.3 Å². The van der Waals surface area contributed by atoms with Crippen molar-refractivity contribution in [2.24, 2.45) is 5.41 Å². The Morgan fingerprint density at radius 1 is 1.33 bits per heavy atom. The van der Waals surface area contributed by atoms with Crippen LogP contribution in [0.4, 0.5) is 5.69 Å². The van der Waals surface area contributed by atoms with Crippen LogP contribution in [0.15, 0.2) is 18.2 Å². The van der Waals surface area contributed by atoms with Gasteiger partial charge in [0.15, 0.2) is 0 Å². The Balaban J connectivity index is 2.87. The summed E-state index contributed by atoms with van der Waals surface area (Å²) in [5.74, 6) is 0.0480. The number of halogens is 1. The van der Waals surface area contributed by atoms with E-state index in [2.05, 4.69) is 34.0 Å². The highest BCUT2D eigenvalue weighted by Gasteiger charge is 2.21. The summed E-state index contributed by atoms with van der Waals surface area (Å²) < 4.78 is 1.18. The summed E-state index contributed by atoms with van der Waals surface area (Å²) in [5, 5.41) is 2.94. The molecule has 0 aliphatic rings. The molecule has 0 bridgehead atoms. The zero-order valence-corrected chi connectivity index (χ0v) is 11.7. The highest BCUT2D eigenvalue weighted by Crippen LogP contribution is 2.21. The van der Waals surface area contributed by atoms with E-state index < -0.39 is 0 Å². The van der Waals surface area contributed by atoms with Crippen molar-refractivity contribution in [1.29, 1.82) is 0 Å². The van der Waals surface area contributed by atoms with E-state index in [4.69, 9.17) is 0 Å². The van der Waals surface area contributed by atoms with Gasteiger partial charge in [-0.2, -0.15) is 0 Å². The molecule has 1 N–H and O–H groups in total. The third-order valence-electron chi connectivity index (χ3n) is 2.12. The van der Waals surface area contributed by atoms with Crippen molar-refractivity contribution in [3.05, 3.63) is 27.3 Å². The summed E-state index contributed by atoms with van der Waals surface area (Å²) >= 11 is 2.26. The molecule has 2 nitrogen and oxygen atoms in total. The predicted octanol–water partition coefficient (Wildman–Crippen LogP) is 3.58. The molecule has 1 aromatic rings. The van der Waals surface area contributed by atoms with Crippen molar-refractivity contribution in [1.82, 2.24) is 0 Å². The lowest BCUT2D eigenvalue weighted by molar-refractivity contribution is -0.123. The van der Waals surface area contributed by atoms with E-state index >= 15 is 0 Å². The average molecular weight is 317 g/mol. The molecule has 0 fully saturated rings. The van der Waals surface area contributed by atoms with Crippen LogP contribution in [0.5, 0.6) is 0 Å². The first-order valence-electron chi connectivity index (χ1n) is 4.88. The molecule has 0 atom stereocenters. The van der Waals surface area contributed by atoms with E-state index in [1.807, 2.05) is 39.8 Å². The van der Waals surface area contributed by atoms with Crippen molar-refractivity contribution < 1.29 is 4.79 Å². The van der Waals surface area contributed by atoms with Crippen molar-refractivity contribution in [2.45, 2.75) is 27.7 Å². The number of rotatable bonds is 1. The average Bonchev–Trinajstić information content (AvgIpc) is 2.08. The molecule has 0 aliphatic heterocycles. The minimum absolute atomic E-state index is 0.0480. The van der Waals surface area contributed by atoms with Crippen molar-refractivity contribution in [3.8, 4) is 0 Å². The third-order valence-corrected chi connectivity index (χ3v) is 2.79. The summed E-state index contributed by atoms with van der Waals surface area (Å²) in [5.41, 5.74) is 1.64. The van der Waals surface area contributed by atoms with Gasteiger partial charge in [0.1, 0.15) is 0 Å². The predicted molar refractivity (Wildman–Crippen MR) is 72.0 cm³/mol. The fraction of sp³-hybridized carbons (Fsp3) is 0.417.